The normalized spacial score (nSPS) is 13.7. The standard InChI is InChI=1S/C13H18F3NO/c1-9(2)10-5-3-4-6-11(10)18-12(7-8-17)13(14,15)16/h3-6,9,12H,7-8,17H2,1-2H3. The van der Waals surface area contributed by atoms with E-state index in [1.807, 2.05) is 13.8 Å². The molecule has 1 atom stereocenters. The summed E-state index contributed by atoms with van der Waals surface area (Å²) in [7, 11) is 0. The summed E-state index contributed by atoms with van der Waals surface area (Å²) in [5.41, 5.74) is 5.96. The van der Waals surface area contributed by atoms with Gasteiger partial charge in [0.05, 0.1) is 0 Å². The maximum absolute atomic E-state index is 12.7. The second-order valence-corrected chi connectivity index (χ2v) is 4.42. The molecule has 0 amide bonds. The molecule has 1 aromatic carbocycles. The predicted molar refractivity (Wildman–Crippen MR) is 64.7 cm³/mol. The van der Waals surface area contributed by atoms with Crippen LogP contribution in [-0.2, 0) is 0 Å². The molecule has 0 aromatic heterocycles. The first-order valence-corrected chi connectivity index (χ1v) is 5.88. The highest BCUT2D eigenvalue weighted by atomic mass is 19.4. The Morgan fingerprint density at radius 1 is 1.22 bits per heavy atom. The highest BCUT2D eigenvalue weighted by Crippen LogP contribution is 2.31. The molecule has 0 saturated heterocycles. The van der Waals surface area contributed by atoms with Crippen LogP contribution in [0, 0.1) is 0 Å². The summed E-state index contributed by atoms with van der Waals surface area (Å²) in [5, 5.41) is 0. The summed E-state index contributed by atoms with van der Waals surface area (Å²) >= 11 is 0. The molecule has 0 spiro atoms. The van der Waals surface area contributed by atoms with Crippen LogP contribution in [0.15, 0.2) is 24.3 Å². The van der Waals surface area contributed by atoms with E-state index >= 15 is 0 Å². The first-order chi connectivity index (χ1) is 8.36. The molecule has 1 aromatic rings. The Balaban J connectivity index is 2.94. The van der Waals surface area contributed by atoms with Crippen molar-refractivity contribution in [3.63, 3.8) is 0 Å². The van der Waals surface area contributed by atoms with Crippen molar-refractivity contribution in [3.05, 3.63) is 29.8 Å². The summed E-state index contributed by atoms with van der Waals surface area (Å²) in [6, 6.07) is 6.78. The van der Waals surface area contributed by atoms with Crippen molar-refractivity contribution in [1.29, 1.82) is 0 Å². The number of para-hydroxylation sites is 1. The van der Waals surface area contributed by atoms with Gasteiger partial charge in [-0.2, -0.15) is 13.2 Å². The number of ether oxygens (including phenoxy) is 1. The molecule has 5 heteroatoms. The lowest BCUT2D eigenvalue weighted by molar-refractivity contribution is -0.196. The van der Waals surface area contributed by atoms with E-state index in [9.17, 15) is 13.2 Å². The van der Waals surface area contributed by atoms with Crippen LogP contribution in [-0.4, -0.2) is 18.8 Å². The lowest BCUT2D eigenvalue weighted by atomic mass is 10.0. The van der Waals surface area contributed by atoms with Gasteiger partial charge < -0.3 is 10.5 Å². The molecular weight excluding hydrogens is 243 g/mol. The average Bonchev–Trinajstić information content (AvgIpc) is 2.27. The highest BCUT2D eigenvalue weighted by Gasteiger charge is 2.41. The van der Waals surface area contributed by atoms with E-state index in [-0.39, 0.29) is 24.6 Å². The van der Waals surface area contributed by atoms with Crippen LogP contribution in [0.3, 0.4) is 0 Å². The fourth-order valence-corrected chi connectivity index (χ4v) is 1.66. The molecule has 18 heavy (non-hydrogen) atoms. The Bertz CT molecular complexity index is 377. The van der Waals surface area contributed by atoms with E-state index < -0.39 is 12.3 Å². The number of hydrogen-bond donors (Lipinski definition) is 1. The molecule has 0 bridgehead atoms. The Morgan fingerprint density at radius 2 is 1.83 bits per heavy atom. The van der Waals surface area contributed by atoms with Crippen LogP contribution in [0.2, 0.25) is 0 Å². The molecule has 0 aliphatic heterocycles. The van der Waals surface area contributed by atoms with Crippen molar-refractivity contribution in [2.75, 3.05) is 6.54 Å². The van der Waals surface area contributed by atoms with Gasteiger partial charge in [0.1, 0.15) is 5.75 Å². The lowest BCUT2D eigenvalue weighted by Gasteiger charge is -2.23. The highest BCUT2D eigenvalue weighted by molar-refractivity contribution is 5.35. The minimum Gasteiger partial charge on any atom is -0.481 e. The second kappa shape index (κ2) is 6.09. The quantitative estimate of drug-likeness (QED) is 0.880. The first kappa shape index (κ1) is 14.8. The zero-order chi connectivity index (χ0) is 13.8. The van der Waals surface area contributed by atoms with E-state index in [1.165, 1.54) is 0 Å². The van der Waals surface area contributed by atoms with Gasteiger partial charge in [0.15, 0.2) is 6.10 Å². The van der Waals surface area contributed by atoms with Gasteiger partial charge in [-0.05, 0) is 24.1 Å². The number of hydrogen-bond acceptors (Lipinski definition) is 2. The van der Waals surface area contributed by atoms with Crippen LogP contribution in [0.4, 0.5) is 13.2 Å². The molecule has 102 valence electrons. The van der Waals surface area contributed by atoms with Crippen molar-refractivity contribution in [1.82, 2.24) is 0 Å². The van der Waals surface area contributed by atoms with Crippen LogP contribution in [0.5, 0.6) is 5.75 Å². The van der Waals surface area contributed by atoms with Gasteiger partial charge in [0.25, 0.3) is 0 Å². The Labute approximate surface area is 105 Å². The predicted octanol–water partition coefficient (Wildman–Crippen LogP) is 3.47. The van der Waals surface area contributed by atoms with Gasteiger partial charge in [-0.1, -0.05) is 32.0 Å². The molecule has 0 aliphatic carbocycles. The topological polar surface area (TPSA) is 35.2 Å². The lowest BCUT2D eigenvalue weighted by Crippen LogP contribution is -2.36. The van der Waals surface area contributed by atoms with Gasteiger partial charge in [0, 0.05) is 6.42 Å². The van der Waals surface area contributed by atoms with Gasteiger partial charge in [-0.25, -0.2) is 0 Å². The van der Waals surface area contributed by atoms with Gasteiger partial charge in [-0.15, -0.1) is 0 Å². The van der Waals surface area contributed by atoms with Gasteiger partial charge >= 0.3 is 6.18 Å². The Kier molecular flexibility index (Phi) is 5.02. The second-order valence-electron chi connectivity index (χ2n) is 4.42. The molecule has 0 saturated carbocycles. The molecule has 0 heterocycles. The number of rotatable bonds is 5. The molecular formula is C13H18F3NO. The third kappa shape index (κ3) is 3.91. The van der Waals surface area contributed by atoms with E-state index in [2.05, 4.69) is 0 Å². The zero-order valence-corrected chi connectivity index (χ0v) is 10.5. The minimum atomic E-state index is -4.40. The molecule has 0 fully saturated rings. The SMILES string of the molecule is CC(C)c1ccccc1OC(CCN)C(F)(F)F. The van der Waals surface area contributed by atoms with Gasteiger partial charge in [-0.3, -0.25) is 0 Å². The van der Waals surface area contributed by atoms with Crippen LogP contribution in [0.1, 0.15) is 31.7 Å². The molecule has 0 radical (unpaired) electrons. The molecule has 0 aliphatic rings. The first-order valence-electron chi connectivity index (χ1n) is 5.88. The maximum Gasteiger partial charge on any atom is 0.425 e. The summed E-state index contributed by atoms with van der Waals surface area (Å²) in [4.78, 5) is 0. The molecule has 2 nitrogen and oxygen atoms in total. The summed E-state index contributed by atoms with van der Waals surface area (Å²) in [5.74, 6) is 0.385. The maximum atomic E-state index is 12.7. The third-order valence-electron chi connectivity index (χ3n) is 2.60. The monoisotopic (exact) mass is 261 g/mol. The zero-order valence-electron chi connectivity index (χ0n) is 10.5. The molecule has 1 unspecified atom stereocenters. The van der Waals surface area contributed by atoms with Crippen molar-refractivity contribution in [2.24, 2.45) is 5.73 Å². The molecule has 1 rings (SSSR count). The van der Waals surface area contributed by atoms with Crippen LogP contribution < -0.4 is 10.5 Å². The minimum absolute atomic E-state index is 0.0615. The third-order valence-corrected chi connectivity index (χ3v) is 2.60. The smallest absolute Gasteiger partial charge is 0.425 e. The Morgan fingerprint density at radius 3 is 2.33 bits per heavy atom. The average molecular weight is 261 g/mol. The number of halogens is 3. The van der Waals surface area contributed by atoms with Crippen LogP contribution in [0.25, 0.3) is 0 Å². The van der Waals surface area contributed by atoms with E-state index in [0.717, 1.165) is 5.56 Å². The summed E-state index contributed by atoms with van der Waals surface area (Å²) in [6.07, 6.45) is -6.48. The fraction of sp³-hybridized carbons (Fsp3) is 0.538. The van der Waals surface area contributed by atoms with Crippen molar-refractivity contribution in [2.45, 2.75) is 38.5 Å². The fourth-order valence-electron chi connectivity index (χ4n) is 1.66. The summed E-state index contributed by atoms with van der Waals surface area (Å²) in [6.45, 7) is 3.76. The number of benzene rings is 1. The Hall–Kier alpha value is -1.23. The van der Waals surface area contributed by atoms with Crippen molar-refractivity contribution >= 4 is 0 Å². The largest absolute Gasteiger partial charge is 0.481 e. The van der Waals surface area contributed by atoms with Crippen molar-refractivity contribution in [3.8, 4) is 5.75 Å². The van der Waals surface area contributed by atoms with Gasteiger partial charge in [0.2, 0.25) is 0 Å². The van der Waals surface area contributed by atoms with E-state index in [1.54, 1.807) is 24.3 Å². The molecule has 2 N–H and O–H groups in total. The van der Waals surface area contributed by atoms with E-state index in [0.29, 0.717) is 0 Å². The van der Waals surface area contributed by atoms with Crippen molar-refractivity contribution < 1.29 is 17.9 Å². The number of nitrogens with two attached hydrogens (primary N) is 1. The van der Waals surface area contributed by atoms with E-state index in [4.69, 9.17) is 10.5 Å². The number of alkyl halides is 3. The van der Waals surface area contributed by atoms with Crippen LogP contribution >= 0.6 is 0 Å². The summed E-state index contributed by atoms with van der Waals surface area (Å²) < 4.78 is 43.3.